The maximum Gasteiger partial charge on any atom is 0.300 e. The molecule has 2 N–H and O–H groups in total. The standard InChI is InChI=1S/C12H22BNO2/c1-2-3-7-12(13,11(15)16)8-6-10-5-4-9-14-10/h10,14H,2-9H2,1H3,(H,15,16). The zero-order valence-electron chi connectivity index (χ0n) is 10.2. The molecule has 0 aromatic rings. The highest BCUT2D eigenvalue weighted by Gasteiger charge is 2.32. The van der Waals surface area contributed by atoms with Crippen molar-refractivity contribution in [3.05, 3.63) is 0 Å². The molecule has 16 heavy (non-hydrogen) atoms. The van der Waals surface area contributed by atoms with Crippen LogP contribution in [0, 0.1) is 0 Å². The number of carbonyl (C=O) groups is 1. The summed E-state index contributed by atoms with van der Waals surface area (Å²) in [5, 5.41) is 11.5. The maximum absolute atomic E-state index is 11.2. The summed E-state index contributed by atoms with van der Waals surface area (Å²) in [4.78, 5) is 11.2. The minimum absolute atomic E-state index is 0.476. The van der Waals surface area contributed by atoms with Crippen molar-refractivity contribution in [2.24, 2.45) is 0 Å². The van der Waals surface area contributed by atoms with Crippen LogP contribution in [0.15, 0.2) is 0 Å². The summed E-state index contributed by atoms with van der Waals surface area (Å²) in [5.74, 6) is -0.848. The summed E-state index contributed by atoms with van der Waals surface area (Å²) in [6.45, 7) is 3.12. The first-order valence-electron chi connectivity index (χ1n) is 6.34. The van der Waals surface area contributed by atoms with Crippen LogP contribution < -0.4 is 5.32 Å². The molecule has 0 aromatic carbocycles. The van der Waals surface area contributed by atoms with E-state index < -0.39 is 11.3 Å². The van der Waals surface area contributed by atoms with Gasteiger partial charge in [-0.1, -0.05) is 19.8 Å². The molecule has 0 bridgehead atoms. The minimum atomic E-state index is -1.01. The Morgan fingerprint density at radius 1 is 1.56 bits per heavy atom. The van der Waals surface area contributed by atoms with Gasteiger partial charge in [0.2, 0.25) is 0 Å². The Balaban J connectivity index is 2.39. The monoisotopic (exact) mass is 223 g/mol. The van der Waals surface area contributed by atoms with Crippen LogP contribution in [-0.4, -0.2) is 31.5 Å². The number of carboxylic acids is 1. The van der Waals surface area contributed by atoms with Gasteiger partial charge in [-0.25, -0.2) is 0 Å². The number of aliphatic carboxylic acids is 1. The van der Waals surface area contributed by atoms with Gasteiger partial charge in [-0.2, -0.15) is 0 Å². The Bertz CT molecular complexity index is 229. The molecule has 1 rings (SSSR count). The van der Waals surface area contributed by atoms with Crippen LogP contribution in [-0.2, 0) is 4.79 Å². The van der Waals surface area contributed by atoms with Gasteiger partial charge in [0.15, 0.2) is 0 Å². The van der Waals surface area contributed by atoms with E-state index in [0.29, 0.717) is 18.9 Å². The van der Waals surface area contributed by atoms with Gasteiger partial charge in [-0.15, -0.1) is 0 Å². The van der Waals surface area contributed by atoms with Crippen LogP contribution >= 0.6 is 0 Å². The molecule has 0 spiro atoms. The molecule has 2 atom stereocenters. The van der Waals surface area contributed by atoms with Crippen molar-refractivity contribution in [2.45, 2.75) is 63.2 Å². The van der Waals surface area contributed by atoms with E-state index in [1.165, 1.54) is 6.42 Å². The number of carboxylic acid groups (broad SMARTS) is 1. The number of rotatable bonds is 7. The number of nitrogens with one attached hydrogen (secondary N) is 1. The Labute approximate surface area is 99.4 Å². The number of unbranched alkanes of at least 4 members (excludes halogenated alkanes) is 1. The Morgan fingerprint density at radius 2 is 2.31 bits per heavy atom. The van der Waals surface area contributed by atoms with E-state index in [2.05, 4.69) is 12.2 Å². The molecule has 1 fully saturated rings. The van der Waals surface area contributed by atoms with Gasteiger partial charge < -0.3 is 10.4 Å². The summed E-state index contributed by atoms with van der Waals surface area (Å²) in [5.41, 5.74) is 0. The molecule has 1 saturated heterocycles. The topological polar surface area (TPSA) is 49.3 Å². The smallest absolute Gasteiger partial charge is 0.300 e. The van der Waals surface area contributed by atoms with E-state index in [1.54, 1.807) is 0 Å². The summed E-state index contributed by atoms with van der Waals surface area (Å²) >= 11 is 0. The molecule has 90 valence electrons. The second kappa shape index (κ2) is 6.28. The average molecular weight is 223 g/mol. The summed E-state index contributed by atoms with van der Waals surface area (Å²) in [7, 11) is 5.98. The van der Waals surface area contributed by atoms with Gasteiger partial charge in [-0.05, 0) is 38.6 Å². The molecule has 2 unspecified atom stereocenters. The molecule has 4 heteroatoms. The lowest BCUT2D eigenvalue weighted by Gasteiger charge is -2.26. The molecule has 2 radical (unpaired) electrons. The van der Waals surface area contributed by atoms with Gasteiger partial charge in [0.05, 0.1) is 7.85 Å². The third kappa shape index (κ3) is 3.82. The van der Waals surface area contributed by atoms with E-state index in [4.69, 9.17) is 7.85 Å². The Kier molecular flexibility index (Phi) is 5.33. The fourth-order valence-electron chi connectivity index (χ4n) is 2.27. The highest BCUT2D eigenvalue weighted by Crippen LogP contribution is 2.35. The highest BCUT2D eigenvalue weighted by molar-refractivity contribution is 6.26. The van der Waals surface area contributed by atoms with Gasteiger partial charge in [0.1, 0.15) is 0 Å². The molecule has 0 aromatic heterocycles. The van der Waals surface area contributed by atoms with Crippen molar-refractivity contribution in [1.82, 2.24) is 5.32 Å². The van der Waals surface area contributed by atoms with Crippen molar-refractivity contribution in [3.63, 3.8) is 0 Å². The van der Waals surface area contributed by atoms with Crippen molar-refractivity contribution >= 4 is 13.8 Å². The van der Waals surface area contributed by atoms with Crippen LogP contribution in [0.3, 0.4) is 0 Å². The lowest BCUT2D eigenvalue weighted by molar-refractivity contribution is -0.141. The normalized spacial score (nSPS) is 24.2. The molecule has 1 aliphatic heterocycles. The van der Waals surface area contributed by atoms with E-state index in [0.717, 1.165) is 32.2 Å². The molecule has 3 nitrogen and oxygen atoms in total. The zero-order valence-corrected chi connectivity index (χ0v) is 10.2. The molecule has 1 heterocycles. The number of hydrogen-bond acceptors (Lipinski definition) is 2. The Morgan fingerprint density at radius 3 is 2.81 bits per heavy atom. The van der Waals surface area contributed by atoms with Crippen molar-refractivity contribution in [1.29, 1.82) is 0 Å². The van der Waals surface area contributed by atoms with Crippen LogP contribution in [0.2, 0.25) is 5.31 Å². The third-order valence-electron chi connectivity index (χ3n) is 3.50. The van der Waals surface area contributed by atoms with Gasteiger partial charge >= 0.3 is 5.97 Å². The molecule has 1 aliphatic rings. The van der Waals surface area contributed by atoms with Crippen molar-refractivity contribution in [3.8, 4) is 0 Å². The minimum Gasteiger partial charge on any atom is -0.481 e. The molecule has 0 aliphatic carbocycles. The summed E-state index contributed by atoms with van der Waals surface area (Å²) in [6, 6.07) is 0.476. The van der Waals surface area contributed by atoms with Crippen LogP contribution in [0.1, 0.15) is 51.9 Å². The number of hydrogen-bond donors (Lipinski definition) is 2. The average Bonchev–Trinajstić information content (AvgIpc) is 2.76. The highest BCUT2D eigenvalue weighted by atomic mass is 16.4. The fraction of sp³-hybridized carbons (Fsp3) is 0.917. The van der Waals surface area contributed by atoms with E-state index in [9.17, 15) is 9.90 Å². The Hall–Kier alpha value is -0.505. The maximum atomic E-state index is 11.2. The lowest BCUT2D eigenvalue weighted by atomic mass is 9.62. The molecular weight excluding hydrogens is 201 g/mol. The molecular formula is C12H22BNO2. The van der Waals surface area contributed by atoms with Crippen LogP contribution in [0.5, 0.6) is 0 Å². The molecule has 0 amide bonds. The van der Waals surface area contributed by atoms with Crippen LogP contribution in [0.25, 0.3) is 0 Å². The third-order valence-corrected chi connectivity index (χ3v) is 3.50. The zero-order chi connectivity index (χ0) is 12.0. The SMILES string of the molecule is [B]C(CCCC)(CCC1CCCN1)C(=O)O. The summed E-state index contributed by atoms with van der Waals surface area (Å²) in [6.07, 6.45) is 6.29. The first-order chi connectivity index (χ1) is 7.58. The lowest BCUT2D eigenvalue weighted by Crippen LogP contribution is -2.28. The predicted octanol–water partition coefficient (Wildman–Crippen LogP) is 2.12. The van der Waals surface area contributed by atoms with E-state index in [1.807, 2.05) is 0 Å². The van der Waals surface area contributed by atoms with Gasteiger partial charge in [-0.3, -0.25) is 4.79 Å². The summed E-state index contributed by atoms with van der Waals surface area (Å²) < 4.78 is 0. The largest absolute Gasteiger partial charge is 0.481 e. The first kappa shape index (κ1) is 13.6. The van der Waals surface area contributed by atoms with Crippen molar-refractivity contribution < 1.29 is 9.90 Å². The van der Waals surface area contributed by atoms with Crippen LogP contribution in [0.4, 0.5) is 0 Å². The van der Waals surface area contributed by atoms with Gasteiger partial charge in [0, 0.05) is 11.4 Å². The second-order valence-electron chi connectivity index (χ2n) is 4.90. The molecule has 0 saturated carbocycles. The first-order valence-corrected chi connectivity index (χ1v) is 6.34. The van der Waals surface area contributed by atoms with E-state index >= 15 is 0 Å². The fourth-order valence-corrected chi connectivity index (χ4v) is 2.27. The van der Waals surface area contributed by atoms with Crippen molar-refractivity contribution in [2.75, 3.05) is 6.54 Å². The quantitative estimate of drug-likeness (QED) is 0.650. The van der Waals surface area contributed by atoms with Gasteiger partial charge in [0.25, 0.3) is 0 Å². The second-order valence-corrected chi connectivity index (χ2v) is 4.90. The van der Waals surface area contributed by atoms with E-state index in [-0.39, 0.29) is 0 Å². The predicted molar refractivity (Wildman–Crippen MR) is 65.9 cm³/mol.